The molecule has 4 aromatic rings. The molecule has 1 amide bonds. The third-order valence-electron chi connectivity index (χ3n) is 5.44. The minimum atomic E-state index is -0.830. The van der Waals surface area contributed by atoms with E-state index in [4.69, 9.17) is 4.74 Å². The number of carbonyl (C=O) groups is 1. The lowest BCUT2D eigenvalue weighted by molar-refractivity contribution is 0.147. The van der Waals surface area contributed by atoms with Crippen molar-refractivity contribution in [3.8, 4) is 17.1 Å². The first-order valence-corrected chi connectivity index (χ1v) is 11.1. The maximum atomic E-state index is 14.2. The van der Waals surface area contributed by atoms with Gasteiger partial charge in [0, 0.05) is 12.6 Å². The summed E-state index contributed by atoms with van der Waals surface area (Å²) < 4.78 is 33.0. The molecule has 1 aliphatic heterocycles. The number of aromatic nitrogens is 3. The number of carbonyl (C=O) groups excluding carboxylic acids is 1. The lowest BCUT2D eigenvalue weighted by Crippen LogP contribution is -2.33. The number of halogens is 2. The average molecular weight is 468 g/mol. The van der Waals surface area contributed by atoms with Crippen LogP contribution in [0.2, 0.25) is 0 Å². The van der Waals surface area contributed by atoms with Gasteiger partial charge in [-0.05, 0) is 49.6 Å². The Kier molecular flexibility index (Phi) is 5.37. The molecule has 3 heterocycles. The number of nitrogens with zero attached hydrogens (tertiary/aromatic N) is 3. The molecule has 1 aliphatic rings. The molecule has 33 heavy (non-hydrogen) atoms. The van der Waals surface area contributed by atoms with Crippen molar-refractivity contribution in [3.05, 3.63) is 75.0 Å². The number of thiazole rings is 1. The summed E-state index contributed by atoms with van der Waals surface area (Å²) >= 11 is 1.17. The number of likely N-dealkylation sites (tertiary alicyclic amines) is 1. The zero-order chi connectivity index (χ0) is 23.1. The van der Waals surface area contributed by atoms with Crippen LogP contribution in [0.3, 0.4) is 0 Å². The quantitative estimate of drug-likeness (QED) is 0.459. The van der Waals surface area contributed by atoms with Gasteiger partial charge in [0.05, 0.1) is 11.6 Å². The highest BCUT2D eigenvalue weighted by molar-refractivity contribution is 7.18. The van der Waals surface area contributed by atoms with Gasteiger partial charge in [0.25, 0.3) is 5.56 Å². The SMILES string of the molecule is Cc1cccc(OC(=O)N2CCCC2c2nc3c(=O)[nH]c(-c4ccc(F)cc4F)nc3s2)c1. The first kappa shape index (κ1) is 21.2. The van der Waals surface area contributed by atoms with E-state index < -0.39 is 23.3 Å². The molecule has 2 aromatic heterocycles. The molecule has 0 bridgehead atoms. The fraction of sp³-hybridized carbons (Fsp3) is 0.217. The Hall–Kier alpha value is -3.66. The third kappa shape index (κ3) is 4.09. The van der Waals surface area contributed by atoms with Gasteiger partial charge in [0.15, 0.2) is 10.3 Å². The van der Waals surface area contributed by atoms with Gasteiger partial charge >= 0.3 is 6.09 Å². The molecule has 1 N–H and O–H groups in total. The lowest BCUT2D eigenvalue weighted by Gasteiger charge is -2.22. The van der Waals surface area contributed by atoms with Crippen molar-refractivity contribution >= 4 is 27.8 Å². The van der Waals surface area contributed by atoms with Crippen LogP contribution in [-0.2, 0) is 0 Å². The Morgan fingerprint density at radius 2 is 2.06 bits per heavy atom. The molecule has 0 saturated carbocycles. The fourth-order valence-corrected chi connectivity index (χ4v) is 4.97. The van der Waals surface area contributed by atoms with Crippen LogP contribution in [0.5, 0.6) is 5.75 Å². The summed E-state index contributed by atoms with van der Waals surface area (Å²) in [7, 11) is 0. The Labute approximate surface area is 190 Å². The Morgan fingerprint density at radius 3 is 2.85 bits per heavy atom. The molecule has 7 nitrogen and oxygen atoms in total. The van der Waals surface area contributed by atoms with Crippen LogP contribution in [0.25, 0.3) is 21.7 Å². The number of hydrogen-bond acceptors (Lipinski definition) is 6. The minimum Gasteiger partial charge on any atom is -0.410 e. The second-order valence-corrected chi connectivity index (χ2v) is 8.79. The van der Waals surface area contributed by atoms with E-state index in [2.05, 4.69) is 15.0 Å². The van der Waals surface area contributed by atoms with Gasteiger partial charge in [0.2, 0.25) is 0 Å². The molecule has 10 heteroatoms. The van der Waals surface area contributed by atoms with E-state index in [-0.39, 0.29) is 22.9 Å². The maximum Gasteiger partial charge on any atom is 0.415 e. The van der Waals surface area contributed by atoms with Gasteiger partial charge in [-0.2, -0.15) is 0 Å². The molecule has 0 radical (unpaired) electrons. The van der Waals surface area contributed by atoms with Crippen molar-refractivity contribution < 1.29 is 18.3 Å². The van der Waals surface area contributed by atoms with E-state index >= 15 is 0 Å². The van der Waals surface area contributed by atoms with Crippen molar-refractivity contribution in [2.24, 2.45) is 0 Å². The van der Waals surface area contributed by atoms with Crippen LogP contribution in [0.15, 0.2) is 47.3 Å². The summed E-state index contributed by atoms with van der Waals surface area (Å²) in [6, 6.07) is 9.90. The van der Waals surface area contributed by atoms with Crippen LogP contribution in [0.1, 0.15) is 29.5 Å². The number of aromatic amines is 1. The summed E-state index contributed by atoms with van der Waals surface area (Å²) in [5, 5.41) is 0.554. The normalized spacial score (nSPS) is 15.8. The molecule has 1 unspecified atom stereocenters. The zero-order valence-electron chi connectivity index (χ0n) is 17.5. The number of H-pyrrole nitrogens is 1. The molecule has 1 saturated heterocycles. The molecular formula is C23H18F2N4O3S. The van der Waals surface area contributed by atoms with Crippen molar-refractivity contribution in [1.29, 1.82) is 0 Å². The first-order valence-electron chi connectivity index (χ1n) is 10.3. The first-order chi connectivity index (χ1) is 15.9. The van der Waals surface area contributed by atoms with Crippen LogP contribution in [-0.4, -0.2) is 32.5 Å². The van der Waals surface area contributed by atoms with E-state index in [1.807, 2.05) is 19.1 Å². The summed E-state index contributed by atoms with van der Waals surface area (Å²) in [6.45, 7) is 2.41. The highest BCUT2D eigenvalue weighted by Crippen LogP contribution is 2.36. The van der Waals surface area contributed by atoms with Gasteiger partial charge in [0.1, 0.15) is 28.2 Å². The van der Waals surface area contributed by atoms with Crippen LogP contribution < -0.4 is 10.3 Å². The zero-order valence-corrected chi connectivity index (χ0v) is 18.3. The maximum absolute atomic E-state index is 14.2. The predicted molar refractivity (Wildman–Crippen MR) is 119 cm³/mol. The molecule has 0 aliphatic carbocycles. The Balaban J connectivity index is 1.46. The average Bonchev–Trinajstić information content (AvgIpc) is 3.41. The highest BCUT2D eigenvalue weighted by Gasteiger charge is 2.34. The van der Waals surface area contributed by atoms with Crippen molar-refractivity contribution in [2.75, 3.05) is 6.54 Å². The topological polar surface area (TPSA) is 88.2 Å². The lowest BCUT2D eigenvalue weighted by atomic mass is 10.2. The largest absolute Gasteiger partial charge is 0.415 e. The Morgan fingerprint density at radius 1 is 1.21 bits per heavy atom. The predicted octanol–water partition coefficient (Wildman–Crippen LogP) is 4.97. The second kappa shape index (κ2) is 8.36. The van der Waals surface area contributed by atoms with E-state index in [1.165, 1.54) is 17.4 Å². The minimum absolute atomic E-state index is 0.0117. The molecule has 1 fully saturated rings. The monoisotopic (exact) mass is 468 g/mol. The van der Waals surface area contributed by atoms with Gasteiger partial charge in [-0.3, -0.25) is 9.69 Å². The number of aryl methyl sites for hydroxylation is 1. The van der Waals surface area contributed by atoms with Crippen molar-refractivity contribution in [3.63, 3.8) is 0 Å². The van der Waals surface area contributed by atoms with Crippen LogP contribution >= 0.6 is 11.3 Å². The summed E-state index contributed by atoms with van der Waals surface area (Å²) in [5.41, 5.74) is 0.533. The molecule has 2 aromatic carbocycles. The number of fused-ring (bicyclic) bond motifs is 1. The smallest absolute Gasteiger partial charge is 0.410 e. The highest BCUT2D eigenvalue weighted by atomic mass is 32.1. The summed E-state index contributed by atoms with van der Waals surface area (Å²) in [6.07, 6.45) is 0.942. The molecule has 168 valence electrons. The number of benzene rings is 2. The van der Waals surface area contributed by atoms with Crippen LogP contribution in [0, 0.1) is 18.6 Å². The van der Waals surface area contributed by atoms with E-state index in [9.17, 15) is 18.4 Å². The molecule has 0 spiro atoms. The van der Waals surface area contributed by atoms with Gasteiger partial charge in [-0.25, -0.2) is 23.5 Å². The number of nitrogens with one attached hydrogen (secondary N) is 1. The van der Waals surface area contributed by atoms with Gasteiger partial charge < -0.3 is 9.72 Å². The van der Waals surface area contributed by atoms with E-state index in [1.54, 1.807) is 17.0 Å². The van der Waals surface area contributed by atoms with Crippen LogP contribution in [0.4, 0.5) is 13.6 Å². The summed E-state index contributed by atoms with van der Waals surface area (Å²) in [5.74, 6) is -1.11. The third-order valence-corrected chi connectivity index (χ3v) is 6.49. The molecular weight excluding hydrogens is 450 g/mol. The van der Waals surface area contributed by atoms with Gasteiger partial charge in [-0.15, -0.1) is 0 Å². The number of amides is 1. The Bertz CT molecular complexity index is 1430. The van der Waals surface area contributed by atoms with Crippen molar-refractivity contribution in [2.45, 2.75) is 25.8 Å². The van der Waals surface area contributed by atoms with E-state index in [0.717, 1.165) is 24.1 Å². The fourth-order valence-electron chi connectivity index (χ4n) is 3.88. The standard InChI is InChI=1S/C23H18F2N4O3S/c1-12-4-2-5-14(10-12)32-23(31)29-9-3-6-17(29)21-26-18-20(30)27-19(28-22(18)33-21)15-8-7-13(24)11-16(15)25/h2,4-5,7-8,10-11,17H,3,6,9H2,1H3,(H,27,28,30). The number of ether oxygens (including phenoxy) is 1. The number of hydrogen-bond donors (Lipinski definition) is 1. The number of rotatable bonds is 3. The second-order valence-electron chi connectivity index (χ2n) is 7.78. The van der Waals surface area contributed by atoms with Gasteiger partial charge in [-0.1, -0.05) is 23.5 Å². The van der Waals surface area contributed by atoms with E-state index in [0.29, 0.717) is 28.6 Å². The summed E-state index contributed by atoms with van der Waals surface area (Å²) in [4.78, 5) is 38.6. The molecule has 1 atom stereocenters. The van der Waals surface area contributed by atoms with Crippen molar-refractivity contribution in [1.82, 2.24) is 19.9 Å². The molecule has 5 rings (SSSR count).